The maximum absolute atomic E-state index is 12.3. The number of ketones is 1. The molecule has 0 aliphatic rings. The van der Waals surface area contributed by atoms with E-state index in [1.54, 1.807) is 18.2 Å². The van der Waals surface area contributed by atoms with Gasteiger partial charge in [0.05, 0.1) is 12.5 Å². The fraction of sp³-hybridized carbons (Fsp3) is 0.333. The number of hydrogen-bond acceptors (Lipinski definition) is 3. The van der Waals surface area contributed by atoms with Gasteiger partial charge in [-0.3, -0.25) is 9.59 Å². The molecule has 0 saturated heterocycles. The molecule has 0 radical (unpaired) electrons. The third-order valence-corrected chi connectivity index (χ3v) is 3.00. The lowest BCUT2D eigenvalue weighted by atomic mass is 9.98. The van der Waals surface area contributed by atoms with E-state index >= 15 is 0 Å². The minimum absolute atomic E-state index is 0.202. The van der Waals surface area contributed by atoms with Crippen molar-refractivity contribution in [2.45, 2.75) is 26.3 Å². The van der Waals surface area contributed by atoms with Gasteiger partial charge in [0.2, 0.25) is 0 Å². The van der Waals surface area contributed by atoms with Crippen molar-refractivity contribution < 1.29 is 14.7 Å². The number of nitrogens with one attached hydrogen (secondary N) is 1. The van der Waals surface area contributed by atoms with Crippen LogP contribution in [0.4, 0.5) is 0 Å². The number of aryl methyl sites for hydroxylation is 2. The summed E-state index contributed by atoms with van der Waals surface area (Å²) in [5, 5.41) is 11.7. The molecule has 0 aromatic heterocycles. The number of carbonyl (C=O) groups excluding carboxylic acids is 1. The van der Waals surface area contributed by atoms with E-state index in [2.05, 4.69) is 11.9 Å². The van der Waals surface area contributed by atoms with Crippen LogP contribution < -0.4 is 5.32 Å². The number of aliphatic carboxylic acids is 1. The Bertz CT molecular complexity index is 494. The van der Waals surface area contributed by atoms with Gasteiger partial charge in [0.15, 0.2) is 5.78 Å². The molecule has 0 aliphatic heterocycles. The van der Waals surface area contributed by atoms with E-state index in [1.807, 2.05) is 19.9 Å². The van der Waals surface area contributed by atoms with Crippen LogP contribution >= 0.6 is 0 Å². The number of carboxylic acids is 1. The van der Waals surface area contributed by atoms with Crippen LogP contribution in [-0.4, -0.2) is 29.4 Å². The Morgan fingerprint density at radius 1 is 1.37 bits per heavy atom. The number of benzene rings is 1. The average Bonchev–Trinajstić information content (AvgIpc) is 2.36. The molecule has 0 amide bonds. The van der Waals surface area contributed by atoms with Crippen molar-refractivity contribution in [3.8, 4) is 0 Å². The molecule has 0 aliphatic carbocycles. The van der Waals surface area contributed by atoms with Crippen LogP contribution in [0.25, 0.3) is 0 Å². The minimum Gasteiger partial charge on any atom is -0.481 e. The first-order chi connectivity index (χ1) is 8.95. The van der Waals surface area contributed by atoms with E-state index in [0.29, 0.717) is 12.1 Å². The third kappa shape index (κ3) is 4.34. The van der Waals surface area contributed by atoms with Crippen LogP contribution in [-0.2, 0) is 4.79 Å². The van der Waals surface area contributed by atoms with Gasteiger partial charge < -0.3 is 10.4 Å². The first kappa shape index (κ1) is 15.1. The Morgan fingerprint density at radius 3 is 2.58 bits per heavy atom. The predicted octanol–water partition coefficient (Wildman–Crippen LogP) is 2.11. The molecule has 0 fully saturated rings. The van der Waals surface area contributed by atoms with Crippen molar-refractivity contribution in [2.75, 3.05) is 6.54 Å². The third-order valence-electron chi connectivity index (χ3n) is 3.00. The van der Waals surface area contributed by atoms with Gasteiger partial charge >= 0.3 is 5.97 Å². The maximum atomic E-state index is 12.3. The molecule has 1 unspecified atom stereocenters. The zero-order valence-electron chi connectivity index (χ0n) is 11.3. The van der Waals surface area contributed by atoms with Crippen molar-refractivity contribution in [2.24, 2.45) is 0 Å². The summed E-state index contributed by atoms with van der Waals surface area (Å²) in [6, 6.07) is 4.67. The molecule has 19 heavy (non-hydrogen) atoms. The van der Waals surface area contributed by atoms with Gasteiger partial charge in [0.1, 0.15) is 0 Å². The van der Waals surface area contributed by atoms with E-state index in [0.717, 1.165) is 11.1 Å². The SMILES string of the molecule is C=CCNC(CC(=O)O)C(=O)c1ccc(C)c(C)c1. The van der Waals surface area contributed by atoms with Crippen molar-refractivity contribution in [1.29, 1.82) is 0 Å². The van der Waals surface area contributed by atoms with Crippen molar-refractivity contribution in [3.05, 3.63) is 47.5 Å². The quantitative estimate of drug-likeness (QED) is 0.582. The lowest BCUT2D eigenvalue weighted by Gasteiger charge is -2.15. The maximum Gasteiger partial charge on any atom is 0.305 e. The van der Waals surface area contributed by atoms with E-state index in [1.165, 1.54) is 0 Å². The number of Topliss-reactive ketones (excluding diaryl/α,β-unsaturated/α-hetero) is 1. The Balaban J connectivity index is 2.93. The Kier molecular flexibility index (Phi) is 5.45. The summed E-state index contributed by atoms with van der Waals surface area (Å²) < 4.78 is 0. The standard InChI is InChI=1S/C15H19NO3/c1-4-7-16-13(9-14(17)18)15(19)12-6-5-10(2)11(3)8-12/h4-6,8,13,16H,1,7,9H2,2-3H3,(H,17,18). The highest BCUT2D eigenvalue weighted by Crippen LogP contribution is 2.13. The highest BCUT2D eigenvalue weighted by molar-refractivity contribution is 6.01. The van der Waals surface area contributed by atoms with Crippen molar-refractivity contribution in [1.82, 2.24) is 5.32 Å². The van der Waals surface area contributed by atoms with Gasteiger partial charge in [-0.15, -0.1) is 6.58 Å². The lowest BCUT2D eigenvalue weighted by molar-refractivity contribution is -0.137. The van der Waals surface area contributed by atoms with Crippen LogP contribution in [0.2, 0.25) is 0 Å². The van der Waals surface area contributed by atoms with Crippen LogP contribution in [0.1, 0.15) is 27.9 Å². The molecular formula is C15H19NO3. The number of rotatable bonds is 7. The minimum atomic E-state index is -1.00. The zero-order chi connectivity index (χ0) is 14.4. The van der Waals surface area contributed by atoms with Gasteiger partial charge in [-0.05, 0) is 31.0 Å². The molecule has 0 spiro atoms. The predicted molar refractivity (Wildman–Crippen MR) is 74.5 cm³/mol. The molecule has 4 heteroatoms. The van der Waals surface area contributed by atoms with Gasteiger partial charge in [-0.25, -0.2) is 0 Å². The molecular weight excluding hydrogens is 242 g/mol. The molecule has 1 rings (SSSR count). The van der Waals surface area contributed by atoms with E-state index in [9.17, 15) is 9.59 Å². The molecule has 0 heterocycles. The molecule has 102 valence electrons. The summed E-state index contributed by atoms with van der Waals surface area (Å²) in [5.41, 5.74) is 2.65. The van der Waals surface area contributed by atoms with Crippen LogP contribution in [0.5, 0.6) is 0 Å². The number of hydrogen-bond donors (Lipinski definition) is 2. The Hall–Kier alpha value is -1.94. The molecule has 1 atom stereocenters. The smallest absolute Gasteiger partial charge is 0.305 e. The van der Waals surface area contributed by atoms with Gasteiger partial charge in [0, 0.05) is 12.1 Å². The Morgan fingerprint density at radius 2 is 2.05 bits per heavy atom. The van der Waals surface area contributed by atoms with Crippen LogP contribution in [0.15, 0.2) is 30.9 Å². The molecule has 0 saturated carbocycles. The van der Waals surface area contributed by atoms with E-state index in [-0.39, 0.29) is 12.2 Å². The summed E-state index contributed by atoms with van der Waals surface area (Å²) in [5.74, 6) is -1.20. The first-order valence-corrected chi connectivity index (χ1v) is 6.13. The molecule has 2 N–H and O–H groups in total. The highest BCUT2D eigenvalue weighted by atomic mass is 16.4. The van der Waals surface area contributed by atoms with Gasteiger partial charge in [0.25, 0.3) is 0 Å². The molecule has 1 aromatic rings. The normalized spacial score (nSPS) is 11.9. The van der Waals surface area contributed by atoms with Gasteiger partial charge in [-0.2, -0.15) is 0 Å². The summed E-state index contributed by atoms with van der Waals surface area (Å²) in [4.78, 5) is 23.1. The fourth-order valence-corrected chi connectivity index (χ4v) is 1.75. The first-order valence-electron chi connectivity index (χ1n) is 6.13. The second kappa shape index (κ2) is 6.85. The summed E-state index contributed by atoms with van der Waals surface area (Å²) in [7, 11) is 0. The average molecular weight is 261 g/mol. The summed E-state index contributed by atoms with van der Waals surface area (Å²) in [6.45, 7) is 7.84. The summed E-state index contributed by atoms with van der Waals surface area (Å²) in [6.07, 6.45) is 1.36. The monoisotopic (exact) mass is 261 g/mol. The number of carbonyl (C=O) groups is 2. The molecule has 1 aromatic carbocycles. The molecule has 0 bridgehead atoms. The summed E-state index contributed by atoms with van der Waals surface area (Å²) >= 11 is 0. The Labute approximate surface area is 113 Å². The highest BCUT2D eigenvalue weighted by Gasteiger charge is 2.22. The largest absolute Gasteiger partial charge is 0.481 e. The second-order valence-corrected chi connectivity index (χ2v) is 4.51. The van der Waals surface area contributed by atoms with Crippen molar-refractivity contribution in [3.63, 3.8) is 0 Å². The topological polar surface area (TPSA) is 66.4 Å². The van der Waals surface area contributed by atoms with E-state index in [4.69, 9.17) is 5.11 Å². The van der Waals surface area contributed by atoms with Gasteiger partial charge in [-0.1, -0.05) is 18.2 Å². The zero-order valence-corrected chi connectivity index (χ0v) is 11.3. The van der Waals surface area contributed by atoms with E-state index < -0.39 is 12.0 Å². The van der Waals surface area contributed by atoms with Crippen LogP contribution in [0.3, 0.4) is 0 Å². The number of carboxylic acid groups (broad SMARTS) is 1. The van der Waals surface area contributed by atoms with Crippen molar-refractivity contribution >= 4 is 11.8 Å². The fourth-order valence-electron chi connectivity index (χ4n) is 1.75. The molecule has 4 nitrogen and oxygen atoms in total. The lowest BCUT2D eigenvalue weighted by Crippen LogP contribution is -2.38. The second-order valence-electron chi connectivity index (χ2n) is 4.51. The van der Waals surface area contributed by atoms with Crippen LogP contribution in [0, 0.1) is 13.8 Å².